The van der Waals surface area contributed by atoms with Crippen LogP contribution < -0.4 is 5.32 Å². The molecule has 0 bridgehead atoms. The molecule has 1 heterocycles. The van der Waals surface area contributed by atoms with Gasteiger partial charge in [-0.2, -0.15) is 0 Å². The number of hydrogen-bond acceptors (Lipinski definition) is 8. The number of amides is 1. The quantitative estimate of drug-likeness (QED) is 0.0261. The van der Waals surface area contributed by atoms with Gasteiger partial charge in [-0.15, -0.1) is 0 Å². The molecule has 1 saturated heterocycles. The lowest BCUT2D eigenvalue weighted by molar-refractivity contribution is -0.302. The summed E-state index contributed by atoms with van der Waals surface area (Å²) in [5.41, 5.74) is 0. The van der Waals surface area contributed by atoms with Crippen molar-refractivity contribution in [2.75, 3.05) is 13.2 Å². The van der Waals surface area contributed by atoms with Crippen LogP contribution in [0.1, 0.15) is 271 Å². The first-order valence-corrected chi connectivity index (χ1v) is 30.7. The zero-order valence-corrected chi connectivity index (χ0v) is 47.1. The summed E-state index contributed by atoms with van der Waals surface area (Å²) in [7, 11) is 0. The van der Waals surface area contributed by atoms with E-state index in [0.29, 0.717) is 6.42 Å². The largest absolute Gasteiger partial charge is 0.394 e. The lowest BCUT2D eigenvalue weighted by atomic mass is 9.99. The van der Waals surface area contributed by atoms with E-state index < -0.39 is 49.5 Å². The summed E-state index contributed by atoms with van der Waals surface area (Å²) < 4.78 is 11.3. The van der Waals surface area contributed by atoms with Gasteiger partial charge in [0.2, 0.25) is 5.91 Å². The zero-order chi connectivity index (χ0) is 52.9. The molecule has 73 heavy (non-hydrogen) atoms. The van der Waals surface area contributed by atoms with Gasteiger partial charge < -0.3 is 40.3 Å². The number of hydrogen-bond donors (Lipinski definition) is 6. The summed E-state index contributed by atoms with van der Waals surface area (Å²) >= 11 is 0. The second-order valence-corrected chi connectivity index (χ2v) is 21.1. The van der Waals surface area contributed by atoms with Crippen LogP contribution in [0.15, 0.2) is 72.9 Å². The Bertz CT molecular complexity index is 1380. The minimum atomic E-state index is -1.57. The van der Waals surface area contributed by atoms with Gasteiger partial charge in [0.15, 0.2) is 6.29 Å². The molecule has 9 heteroatoms. The molecular formula is C64H115NO8. The molecule has 0 aromatic rings. The van der Waals surface area contributed by atoms with Gasteiger partial charge in [-0.05, 0) is 70.6 Å². The standard InChI is InChI=1S/C64H115NO8/c1-3-5-7-9-11-13-15-17-19-20-21-22-23-24-25-26-27-28-29-30-31-32-33-34-35-36-37-38-40-42-44-46-48-50-52-54-60(68)65-57(56-72-64-63(71)62(70)61(69)59(55-66)73-64)58(67)53-51-49-47-45-43-41-39-18-16-14-12-10-8-6-4-2/h5,7,11,13,17,19,21-22,43,45,51,53,57-59,61-64,66-67,69-71H,3-4,6,8-10,12,14-16,18,20,23-42,44,46-50,52,54-56H2,1-2H3,(H,65,68)/b7-5-,13-11-,19-17-,22-21-,45-43+,53-51+. The van der Waals surface area contributed by atoms with E-state index in [1.54, 1.807) is 6.08 Å². The van der Waals surface area contributed by atoms with Gasteiger partial charge in [0, 0.05) is 6.42 Å². The predicted octanol–water partition coefficient (Wildman–Crippen LogP) is 15.6. The fourth-order valence-corrected chi connectivity index (χ4v) is 9.46. The molecule has 1 aliphatic rings. The Kier molecular flexibility index (Phi) is 49.9. The van der Waals surface area contributed by atoms with Gasteiger partial charge in [0.05, 0.1) is 25.4 Å². The van der Waals surface area contributed by atoms with Crippen molar-refractivity contribution in [3.63, 3.8) is 0 Å². The van der Waals surface area contributed by atoms with E-state index in [4.69, 9.17) is 9.47 Å². The van der Waals surface area contributed by atoms with Crippen molar-refractivity contribution >= 4 is 5.91 Å². The van der Waals surface area contributed by atoms with Crippen molar-refractivity contribution < 1.29 is 39.8 Å². The highest BCUT2D eigenvalue weighted by Crippen LogP contribution is 2.23. The van der Waals surface area contributed by atoms with Crippen LogP contribution in [0.4, 0.5) is 0 Å². The van der Waals surface area contributed by atoms with E-state index in [-0.39, 0.29) is 12.5 Å². The minimum absolute atomic E-state index is 0.185. The Morgan fingerprint density at radius 1 is 0.479 bits per heavy atom. The molecule has 9 nitrogen and oxygen atoms in total. The SMILES string of the molecule is CC/C=C\C/C=C\C/C=C\C/C=C\CCCCCCCCCCCCCCCCCCCCCCCCC(=O)NC(COC1OC(CO)C(O)C(O)C1O)C(O)/C=C/CC/C=C/CCCCCCCCCCC. The monoisotopic (exact) mass is 1030 g/mol. The average Bonchev–Trinajstić information content (AvgIpc) is 3.39. The maximum Gasteiger partial charge on any atom is 0.220 e. The van der Waals surface area contributed by atoms with Crippen LogP contribution in [0.25, 0.3) is 0 Å². The van der Waals surface area contributed by atoms with Crippen molar-refractivity contribution in [3.05, 3.63) is 72.9 Å². The van der Waals surface area contributed by atoms with Crippen LogP contribution in [0, 0.1) is 0 Å². The summed E-state index contributed by atoms with van der Waals surface area (Å²) in [6.07, 6.45) is 67.1. The molecular weight excluding hydrogens is 911 g/mol. The molecule has 0 aliphatic carbocycles. The molecule has 0 saturated carbocycles. The number of unbranched alkanes of at least 4 members (excludes halogenated alkanes) is 32. The maximum atomic E-state index is 13.1. The molecule has 424 valence electrons. The Morgan fingerprint density at radius 2 is 0.863 bits per heavy atom. The van der Waals surface area contributed by atoms with Crippen molar-refractivity contribution in [1.82, 2.24) is 5.32 Å². The molecule has 1 fully saturated rings. The molecule has 6 N–H and O–H groups in total. The number of carbonyl (C=O) groups is 1. The Balaban J connectivity index is 2.11. The number of aliphatic hydroxyl groups is 5. The third-order valence-electron chi connectivity index (χ3n) is 14.3. The number of aliphatic hydroxyl groups excluding tert-OH is 5. The third-order valence-corrected chi connectivity index (χ3v) is 14.3. The average molecular weight is 1030 g/mol. The lowest BCUT2D eigenvalue weighted by Crippen LogP contribution is -2.60. The van der Waals surface area contributed by atoms with Crippen LogP contribution in [-0.4, -0.2) is 87.5 Å². The molecule has 1 aliphatic heterocycles. The third kappa shape index (κ3) is 42.4. The summed E-state index contributed by atoms with van der Waals surface area (Å²) in [5, 5.41) is 54.5. The maximum absolute atomic E-state index is 13.1. The number of allylic oxidation sites excluding steroid dienone is 11. The van der Waals surface area contributed by atoms with Crippen molar-refractivity contribution in [1.29, 1.82) is 0 Å². The molecule has 0 spiro atoms. The number of carbonyl (C=O) groups excluding carboxylic acids is 1. The molecule has 7 atom stereocenters. The van der Waals surface area contributed by atoms with Gasteiger partial charge in [-0.1, -0.05) is 267 Å². The first-order chi connectivity index (χ1) is 35.8. The van der Waals surface area contributed by atoms with Crippen LogP contribution >= 0.6 is 0 Å². The Morgan fingerprint density at radius 3 is 1.32 bits per heavy atom. The van der Waals surface area contributed by atoms with Gasteiger partial charge in [-0.25, -0.2) is 0 Å². The number of ether oxygens (including phenoxy) is 2. The van der Waals surface area contributed by atoms with Gasteiger partial charge in [0.25, 0.3) is 0 Å². The van der Waals surface area contributed by atoms with E-state index in [9.17, 15) is 30.3 Å². The van der Waals surface area contributed by atoms with Crippen molar-refractivity contribution in [2.45, 2.75) is 314 Å². The van der Waals surface area contributed by atoms with Crippen LogP contribution in [0.3, 0.4) is 0 Å². The van der Waals surface area contributed by atoms with E-state index in [2.05, 4.69) is 79.9 Å². The summed E-state index contributed by atoms with van der Waals surface area (Å²) in [5.74, 6) is -0.185. The van der Waals surface area contributed by atoms with Gasteiger partial charge in [0.1, 0.15) is 24.4 Å². The van der Waals surface area contributed by atoms with Crippen molar-refractivity contribution in [3.8, 4) is 0 Å². The highest BCUT2D eigenvalue weighted by Gasteiger charge is 2.44. The van der Waals surface area contributed by atoms with Crippen LogP contribution in [0.2, 0.25) is 0 Å². The lowest BCUT2D eigenvalue weighted by Gasteiger charge is -2.40. The van der Waals surface area contributed by atoms with Crippen LogP contribution in [-0.2, 0) is 14.3 Å². The fourth-order valence-electron chi connectivity index (χ4n) is 9.46. The summed E-state index contributed by atoms with van der Waals surface area (Å²) in [4.78, 5) is 13.1. The molecule has 0 aromatic heterocycles. The number of nitrogens with one attached hydrogen (secondary N) is 1. The molecule has 1 rings (SSSR count). The predicted molar refractivity (Wildman–Crippen MR) is 309 cm³/mol. The van der Waals surface area contributed by atoms with E-state index in [1.807, 2.05) is 6.08 Å². The van der Waals surface area contributed by atoms with Crippen LogP contribution in [0.5, 0.6) is 0 Å². The normalized spacial score (nSPS) is 19.6. The fraction of sp³-hybridized carbons (Fsp3) is 0.797. The molecule has 7 unspecified atom stereocenters. The second-order valence-electron chi connectivity index (χ2n) is 21.1. The highest BCUT2D eigenvalue weighted by atomic mass is 16.7. The van der Waals surface area contributed by atoms with E-state index in [1.165, 1.54) is 186 Å². The second kappa shape index (κ2) is 53.0. The van der Waals surface area contributed by atoms with E-state index in [0.717, 1.165) is 64.2 Å². The Labute approximate surface area is 448 Å². The smallest absolute Gasteiger partial charge is 0.220 e. The first-order valence-electron chi connectivity index (χ1n) is 30.7. The highest BCUT2D eigenvalue weighted by molar-refractivity contribution is 5.76. The first kappa shape index (κ1) is 68.6. The number of rotatable bonds is 52. The molecule has 1 amide bonds. The summed E-state index contributed by atoms with van der Waals surface area (Å²) in [6.45, 7) is 3.66. The molecule has 0 radical (unpaired) electrons. The van der Waals surface area contributed by atoms with E-state index >= 15 is 0 Å². The minimum Gasteiger partial charge on any atom is -0.394 e. The Hall–Kier alpha value is -2.37. The van der Waals surface area contributed by atoms with Gasteiger partial charge in [-0.3, -0.25) is 4.79 Å². The van der Waals surface area contributed by atoms with Crippen molar-refractivity contribution in [2.24, 2.45) is 0 Å². The van der Waals surface area contributed by atoms with Gasteiger partial charge >= 0.3 is 0 Å². The molecule has 0 aromatic carbocycles. The topological polar surface area (TPSA) is 149 Å². The summed E-state index contributed by atoms with van der Waals surface area (Å²) in [6, 6.07) is -0.822. The zero-order valence-electron chi connectivity index (χ0n) is 47.1.